The van der Waals surface area contributed by atoms with Gasteiger partial charge in [-0.15, -0.1) is 11.3 Å². The van der Waals surface area contributed by atoms with Crippen molar-refractivity contribution in [1.82, 2.24) is 10.0 Å². The fourth-order valence-corrected chi connectivity index (χ4v) is 4.54. The summed E-state index contributed by atoms with van der Waals surface area (Å²) in [5.74, 6) is -0.00288. The fourth-order valence-electron chi connectivity index (χ4n) is 1.93. The van der Waals surface area contributed by atoms with Gasteiger partial charge in [-0.25, -0.2) is 13.1 Å². The van der Waals surface area contributed by atoms with Crippen LogP contribution < -0.4 is 10.0 Å². The summed E-state index contributed by atoms with van der Waals surface area (Å²) in [6.45, 7) is 1.05. The number of hydrogen-bond donors (Lipinski definition) is 2. The summed E-state index contributed by atoms with van der Waals surface area (Å²) in [6, 6.07) is 11.4. The molecule has 0 fully saturated rings. The second-order valence-corrected chi connectivity index (χ2v) is 8.99. The number of benzene rings is 1. The third-order valence-corrected chi connectivity index (χ3v) is 5.75. The zero-order valence-corrected chi connectivity index (χ0v) is 14.8. The van der Waals surface area contributed by atoms with Crippen LogP contribution in [0.4, 0.5) is 0 Å². The minimum Gasteiger partial charge on any atom is -0.316 e. The van der Waals surface area contributed by atoms with E-state index in [0.29, 0.717) is 6.54 Å². The van der Waals surface area contributed by atoms with Crippen LogP contribution in [-0.4, -0.2) is 15.5 Å². The monoisotopic (exact) mass is 388 g/mol. The van der Waals surface area contributed by atoms with Gasteiger partial charge in [-0.3, -0.25) is 0 Å². The third kappa shape index (κ3) is 5.52. The summed E-state index contributed by atoms with van der Waals surface area (Å²) >= 11 is 4.89. The fraction of sp³-hybridized carbons (Fsp3) is 0.286. The van der Waals surface area contributed by atoms with Crippen LogP contribution in [0.2, 0.25) is 0 Å². The lowest BCUT2D eigenvalue weighted by Crippen LogP contribution is -2.24. The molecule has 0 radical (unpaired) electrons. The van der Waals surface area contributed by atoms with Crippen LogP contribution >= 0.6 is 27.3 Å². The van der Waals surface area contributed by atoms with Crippen molar-refractivity contribution < 1.29 is 8.42 Å². The molecule has 2 aromatic rings. The molecule has 0 saturated carbocycles. The number of thiophene rings is 1. The topological polar surface area (TPSA) is 58.2 Å². The molecule has 1 heterocycles. The summed E-state index contributed by atoms with van der Waals surface area (Å²) in [6.07, 6.45) is 0. The van der Waals surface area contributed by atoms with Crippen LogP contribution in [0.15, 0.2) is 40.2 Å². The molecule has 0 atom stereocenters. The molecule has 0 aliphatic rings. The number of nitrogens with one attached hydrogen (secondary N) is 2. The second-order valence-electron chi connectivity index (χ2n) is 4.64. The Morgan fingerprint density at radius 1 is 1.14 bits per heavy atom. The van der Waals surface area contributed by atoms with Gasteiger partial charge in [0.25, 0.3) is 0 Å². The van der Waals surface area contributed by atoms with E-state index in [4.69, 9.17) is 0 Å². The number of sulfonamides is 1. The van der Waals surface area contributed by atoms with E-state index in [2.05, 4.69) is 26.0 Å². The molecule has 7 heteroatoms. The molecule has 2 N–H and O–H groups in total. The summed E-state index contributed by atoms with van der Waals surface area (Å²) in [7, 11) is -1.47. The van der Waals surface area contributed by atoms with Crippen molar-refractivity contribution in [2.45, 2.75) is 18.8 Å². The predicted octanol–water partition coefficient (Wildman–Crippen LogP) is 2.85. The van der Waals surface area contributed by atoms with Gasteiger partial charge in [0.1, 0.15) is 0 Å². The molecule has 21 heavy (non-hydrogen) atoms. The predicted molar refractivity (Wildman–Crippen MR) is 90.7 cm³/mol. The van der Waals surface area contributed by atoms with Gasteiger partial charge >= 0.3 is 0 Å². The Balaban J connectivity index is 1.98. The molecule has 0 saturated heterocycles. The molecule has 0 aliphatic carbocycles. The molecule has 2 rings (SSSR count). The average molecular weight is 389 g/mol. The van der Waals surface area contributed by atoms with E-state index < -0.39 is 10.0 Å². The lowest BCUT2D eigenvalue weighted by Gasteiger charge is -2.07. The molecule has 0 bridgehead atoms. The van der Waals surface area contributed by atoms with Crippen molar-refractivity contribution in [2.24, 2.45) is 0 Å². The van der Waals surface area contributed by atoms with E-state index in [-0.39, 0.29) is 5.75 Å². The summed E-state index contributed by atoms with van der Waals surface area (Å²) < 4.78 is 27.9. The molecule has 114 valence electrons. The van der Waals surface area contributed by atoms with Gasteiger partial charge in [-0.2, -0.15) is 0 Å². The highest BCUT2D eigenvalue weighted by Crippen LogP contribution is 2.22. The van der Waals surface area contributed by atoms with Gasteiger partial charge < -0.3 is 5.32 Å². The second kappa shape index (κ2) is 7.51. The van der Waals surface area contributed by atoms with Gasteiger partial charge in [0, 0.05) is 18.0 Å². The first kappa shape index (κ1) is 16.6. The highest BCUT2D eigenvalue weighted by atomic mass is 79.9. The van der Waals surface area contributed by atoms with Gasteiger partial charge in [-0.05, 0) is 46.2 Å². The highest BCUT2D eigenvalue weighted by Gasteiger charge is 2.12. The van der Waals surface area contributed by atoms with Crippen LogP contribution in [0.1, 0.15) is 16.0 Å². The summed E-state index contributed by atoms with van der Waals surface area (Å²) in [4.78, 5) is 0.981. The van der Waals surface area contributed by atoms with Crippen LogP contribution in [0.3, 0.4) is 0 Å². The van der Waals surface area contributed by atoms with Crippen molar-refractivity contribution in [2.75, 3.05) is 7.05 Å². The van der Waals surface area contributed by atoms with Gasteiger partial charge in [-0.1, -0.05) is 24.3 Å². The van der Waals surface area contributed by atoms with E-state index in [1.807, 2.05) is 43.4 Å². The molecule has 0 unspecified atom stereocenters. The quantitative estimate of drug-likeness (QED) is 0.766. The zero-order valence-electron chi connectivity index (χ0n) is 11.6. The van der Waals surface area contributed by atoms with E-state index in [1.165, 1.54) is 11.3 Å². The van der Waals surface area contributed by atoms with Crippen LogP contribution in [0, 0.1) is 0 Å². The van der Waals surface area contributed by atoms with Crippen molar-refractivity contribution in [3.05, 3.63) is 56.2 Å². The van der Waals surface area contributed by atoms with E-state index in [9.17, 15) is 8.42 Å². The first-order valence-electron chi connectivity index (χ1n) is 6.42. The van der Waals surface area contributed by atoms with Crippen molar-refractivity contribution in [3.8, 4) is 0 Å². The SMILES string of the molecule is CNCc1cccc(CS(=O)(=O)NCc2ccc(Br)s2)c1. The molecule has 1 aromatic heterocycles. The Hall–Kier alpha value is -0.730. The van der Waals surface area contributed by atoms with Gasteiger partial charge in [0.2, 0.25) is 10.0 Å². The van der Waals surface area contributed by atoms with E-state index in [1.54, 1.807) is 0 Å². The van der Waals surface area contributed by atoms with Crippen molar-refractivity contribution >= 4 is 37.3 Å². The Kier molecular flexibility index (Phi) is 5.95. The molecule has 4 nitrogen and oxygen atoms in total. The van der Waals surface area contributed by atoms with E-state index in [0.717, 1.165) is 26.3 Å². The van der Waals surface area contributed by atoms with Crippen LogP contribution in [0.25, 0.3) is 0 Å². The maximum atomic E-state index is 12.1. The lowest BCUT2D eigenvalue weighted by molar-refractivity contribution is 0.581. The average Bonchev–Trinajstić information content (AvgIpc) is 2.83. The number of hydrogen-bond acceptors (Lipinski definition) is 4. The maximum Gasteiger partial charge on any atom is 0.216 e. The Morgan fingerprint density at radius 2 is 1.90 bits per heavy atom. The smallest absolute Gasteiger partial charge is 0.216 e. The van der Waals surface area contributed by atoms with Crippen LogP contribution in [0.5, 0.6) is 0 Å². The summed E-state index contributed by atoms with van der Waals surface area (Å²) in [5.41, 5.74) is 1.87. The molecule has 0 aliphatic heterocycles. The lowest BCUT2D eigenvalue weighted by atomic mass is 10.1. The molecule has 1 aromatic carbocycles. The minimum atomic E-state index is -3.33. The molecular weight excluding hydrogens is 372 g/mol. The first-order chi connectivity index (χ1) is 9.98. The van der Waals surface area contributed by atoms with Crippen molar-refractivity contribution in [3.63, 3.8) is 0 Å². The molecule has 0 spiro atoms. The van der Waals surface area contributed by atoms with Gasteiger partial charge in [0.15, 0.2) is 0 Å². The third-order valence-electron chi connectivity index (χ3n) is 2.82. The minimum absolute atomic E-state index is 0.00288. The number of halogens is 1. The standard InChI is InChI=1S/C14H17BrN2O2S2/c1-16-8-11-3-2-4-12(7-11)10-21(18,19)17-9-13-5-6-14(15)20-13/h2-7,16-17H,8-10H2,1H3. The normalized spacial score (nSPS) is 11.7. The van der Waals surface area contributed by atoms with Crippen molar-refractivity contribution in [1.29, 1.82) is 0 Å². The zero-order chi connectivity index (χ0) is 15.3. The Labute approximate surface area is 137 Å². The van der Waals surface area contributed by atoms with Crippen LogP contribution in [-0.2, 0) is 28.9 Å². The van der Waals surface area contributed by atoms with Gasteiger partial charge in [0.05, 0.1) is 9.54 Å². The maximum absolute atomic E-state index is 12.1. The Morgan fingerprint density at radius 3 is 2.57 bits per heavy atom. The summed E-state index contributed by atoms with van der Waals surface area (Å²) in [5, 5.41) is 3.05. The molecule has 0 amide bonds. The number of rotatable bonds is 7. The van der Waals surface area contributed by atoms with E-state index >= 15 is 0 Å². The Bertz CT molecular complexity index is 699. The largest absolute Gasteiger partial charge is 0.316 e. The first-order valence-corrected chi connectivity index (χ1v) is 9.68. The highest BCUT2D eigenvalue weighted by molar-refractivity contribution is 9.11. The molecular formula is C14H17BrN2O2S2.